The smallest absolute Gasteiger partial charge is 0.244 e. The molecule has 0 radical (unpaired) electrons. The summed E-state index contributed by atoms with van der Waals surface area (Å²) in [6.45, 7) is 2.78. The van der Waals surface area contributed by atoms with Gasteiger partial charge in [-0.3, -0.25) is 9.69 Å². The Balaban J connectivity index is 1.43. The Morgan fingerprint density at radius 2 is 1.59 bits per heavy atom. The molecular formula is C25H31N3O. The monoisotopic (exact) mass is 389 g/mol. The van der Waals surface area contributed by atoms with Gasteiger partial charge in [-0.2, -0.15) is 0 Å². The topological polar surface area (TPSA) is 35.6 Å². The number of piperazine rings is 1. The summed E-state index contributed by atoms with van der Waals surface area (Å²) >= 11 is 0. The lowest BCUT2D eigenvalue weighted by Crippen LogP contribution is -2.65. The van der Waals surface area contributed by atoms with Crippen LogP contribution < -0.4 is 5.32 Å². The van der Waals surface area contributed by atoms with Crippen LogP contribution in [0.15, 0.2) is 54.6 Å². The Morgan fingerprint density at radius 3 is 2.21 bits per heavy atom. The highest BCUT2D eigenvalue weighted by Crippen LogP contribution is 2.39. The van der Waals surface area contributed by atoms with Crippen LogP contribution in [0.5, 0.6) is 0 Å². The van der Waals surface area contributed by atoms with Gasteiger partial charge in [-0.05, 0) is 43.0 Å². The Bertz CT molecular complexity index is 840. The molecule has 152 valence electrons. The number of carbonyl (C=O) groups excluding carboxylic acids is 1. The molecule has 1 aliphatic carbocycles. The van der Waals surface area contributed by atoms with Crippen LogP contribution in [-0.2, 0) is 24.1 Å². The van der Waals surface area contributed by atoms with Crippen LogP contribution in [0, 0.1) is 0 Å². The second-order valence-electron chi connectivity index (χ2n) is 9.07. The van der Waals surface area contributed by atoms with E-state index >= 15 is 0 Å². The highest BCUT2D eigenvalue weighted by Gasteiger charge is 2.52. The number of nitrogens with one attached hydrogen (secondary N) is 1. The predicted molar refractivity (Wildman–Crippen MR) is 116 cm³/mol. The maximum absolute atomic E-state index is 14.2. The molecule has 1 N–H and O–H groups in total. The summed E-state index contributed by atoms with van der Waals surface area (Å²) in [7, 11) is 2.16. The number of hydrogen-bond acceptors (Lipinski definition) is 3. The summed E-state index contributed by atoms with van der Waals surface area (Å²) in [4.78, 5) is 18.8. The van der Waals surface area contributed by atoms with Crippen LogP contribution in [0.4, 0.5) is 0 Å². The first-order valence-electron chi connectivity index (χ1n) is 11.0. The fraction of sp³-hybridized carbons (Fsp3) is 0.480. The number of amides is 1. The number of nitrogens with zero attached hydrogens (tertiary/aromatic N) is 2. The van der Waals surface area contributed by atoms with Crippen LogP contribution in [0.25, 0.3) is 0 Å². The molecule has 4 nitrogen and oxygen atoms in total. The van der Waals surface area contributed by atoms with Gasteiger partial charge in [-0.15, -0.1) is 0 Å². The highest BCUT2D eigenvalue weighted by molar-refractivity contribution is 5.89. The van der Waals surface area contributed by atoms with E-state index in [2.05, 4.69) is 76.8 Å². The molecule has 2 aromatic rings. The zero-order valence-corrected chi connectivity index (χ0v) is 17.3. The number of likely N-dealkylation sites (N-methyl/N-ethyl adjacent to an activating group) is 1. The fourth-order valence-electron chi connectivity index (χ4n) is 5.69. The van der Waals surface area contributed by atoms with Crippen molar-refractivity contribution in [1.29, 1.82) is 0 Å². The van der Waals surface area contributed by atoms with E-state index in [-0.39, 0.29) is 0 Å². The van der Waals surface area contributed by atoms with Gasteiger partial charge in [0, 0.05) is 44.6 Å². The quantitative estimate of drug-likeness (QED) is 0.854. The third-order valence-electron chi connectivity index (χ3n) is 7.41. The van der Waals surface area contributed by atoms with Crippen LogP contribution in [0.3, 0.4) is 0 Å². The number of carbonyl (C=O) groups is 1. The molecule has 2 bridgehead atoms. The molecule has 3 aliphatic rings. The lowest BCUT2D eigenvalue weighted by atomic mass is 9.90. The number of hydrogen-bond donors (Lipinski definition) is 1. The molecule has 29 heavy (non-hydrogen) atoms. The van der Waals surface area contributed by atoms with Gasteiger partial charge in [0.2, 0.25) is 5.91 Å². The van der Waals surface area contributed by atoms with Crippen LogP contribution in [0.2, 0.25) is 0 Å². The molecule has 2 aromatic carbocycles. The number of rotatable bonds is 5. The molecule has 2 saturated heterocycles. The van der Waals surface area contributed by atoms with Crippen molar-refractivity contribution in [3.05, 3.63) is 71.3 Å². The van der Waals surface area contributed by atoms with Gasteiger partial charge in [0.1, 0.15) is 5.54 Å². The van der Waals surface area contributed by atoms with Gasteiger partial charge in [-0.1, -0.05) is 54.6 Å². The first-order valence-corrected chi connectivity index (χ1v) is 11.0. The van der Waals surface area contributed by atoms with Crippen LogP contribution in [-0.4, -0.2) is 60.0 Å². The second-order valence-corrected chi connectivity index (χ2v) is 9.07. The summed E-state index contributed by atoms with van der Waals surface area (Å²) in [6.07, 6.45) is 4.91. The minimum absolute atomic E-state index is 0.360. The van der Waals surface area contributed by atoms with Crippen molar-refractivity contribution in [3.8, 4) is 0 Å². The normalized spacial score (nSPS) is 24.7. The van der Waals surface area contributed by atoms with E-state index in [0.717, 1.165) is 51.7 Å². The summed E-state index contributed by atoms with van der Waals surface area (Å²) in [6, 6.07) is 20.0. The Morgan fingerprint density at radius 1 is 1.00 bits per heavy atom. The van der Waals surface area contributed by atoms with E-state index in [1.54, 1.807) is 0 Å². The zero-order valence-electron chi connectivity index (χ0n) is 17.3. The fourth-order valence-corrected chi connectivity index (χ4v) is 5.69. The van der Waals surface area contributed by atoms with Gasteiger partial charge in [0.05, 0.1) is 0 Å². The van der Waals surface area contributed by atoms with Gasteiger partial charge in [0.15, 0.2) is 0 Å². The molecule has 0 spiro atoms. The largest absolute Gasteiger partial charge is 0.333 e. The van der Waals surface area contributed by atoms with E-state index in [4.69, 9.17) is 0 Å². The molecule has 2 fully saturated rings. The van der Waals surface area contributed by atoms with Crippen molar-refractivity contribution in [2.45, 2.75) is 49.7 Å². The van der Waals surface area contributed by atoms with E-state index in [1.165, 1.54) is 16.7 Å². The van der Waals surface area contributed by atoms with Gasteiger partial charge >= 0.3 is 0 Å². The summed E-state index contributed by atoms with van der Waals surface area (Å²) in [5.74, 6) is 0.360. The minimum atomic E-state index is -0.448. The average Bonchev–Trinajstić information content (AvgIpc) is 3.27. The van der Waals surface area contributed by atoms with Crippen LogP contribution >= 0.6 is 0 Å². The van der Waals surface area contributed by atoms with E-state index in [1.807, 2.05) is 0 Å². The number of benzene rings is 2. The van der Waals surface area contributed by atoms with Gasteiger partial charge in [0.25, 0.3) is 0 Å². The Kier molecular flexibility index (Phi) is 4.92. The molecule has 1 amide bonds. The first kappa shape index (κ1) is 18.8. The maximum Gasteiger partial charge on any atom is 0.244 e. The van der Waals surface area contributed by atoms with Gasteiger partial charge < -0.3 is 10.2 Å². The maximum atomic E-state index is 14.2. The molecule has 2 heterocycles. The predicted octanol–water partition coefficient (Wildman–Crippen LogP) is 2.66. The minimum Gasteiger partial charge on any atom is -0.333 e. The third kappa shape index (κ3) is 3.28. The molecular weight excluding hydrogens is 358 g/mol. The first-order chi connectivity index (χ1) is 14.2. The molecule has 2 aliphatic heterocycles. The highest BCUT2D eigenvalue weighted by atomic mass is 16.2. The SMILES string of the molecule is CN(CCc1ccccc1)C1(C(=O)N2[C@@H]3CC[C@H]2CNC3)Cc2ccccc2C1. The summed E-state index contributed by atoms with van der Waals surface area (Å²) in [5, 5.41) is 3.52. The van der Waals surface area contributed by atoms with E-state index in [0.29, 0.717) is 18.0 Å². The molecule has 0 unspecified atom stereocenters. The van der Waals surface area contributed by atoms with E-state index in [9.17, 15) is 4.79 Å². The molecule has 0 saturated carbocycles. The second kappa shape index (κ2) is 7.58. The standard InChI is InChI=1S/C25H31N3O/c1-27(14-13-19-7-3-2-4-8-19)25(15-20-9-5-6-10-21(20)16-25)24(29)28-22-11-12-23(28)18-26-17-22/h2-10,22-23,26H,11-18H2,1H3/t22-,23+. The summed E-state index contributed by atoms with van der Waals surface area (Å²) in [5.41, 5.74) is 3.57. The van der Waals surface area contributed by atoms with Gasteiger partial charge in [-0.25, -0.2) is 0 Å². The Hall–Kier alpha value is -2.17. The molecule has 4 heteroatoms. The van der Waals surface area contributed by atoms with Crippen molar-refractivity contribution in [1.82, 2.24) is 15.1 Å². The number of fused-ring (bicyclic) bond motifs is 3. The van der Waals surface area contributed by atoms with E-state index < -0.39 is 5.54 Å². The zero-order chi connectivity index (χ0) is 19.8. The van der Waals surface area contributed by atoms with Crippen LogP contribution in [0.1, 0.15) is 29.5 Å². The lowest BCUT2D eigenvalue weighted by molar-refractivity contribution is -0.147. The molecule has 5 rings (SSSR count). The molecule has 2 atom stereocenters. The lowest BCUT2D eigenvalue weighted by Gasteiger charge is -2.45. The molecule has 0 aromatic heterocycles. The van der Waals surface area contributed by atoms with Crippen molar-refractivity contribution in [2.75, 3.05) is 26.7 Å². The summed E-state index contributed by atoms with van der Waals surface area (Å²) < 4.78 is 0. The van der Waals surface area contributed by atoms with Crippen molar-refractivity contribution in [2.24, 2.45) is 0 Å². The average molecular weight is 390 g/mol. The van der Waals surface area contributed by atoms with Crippen molar-refractivity contribution >= 4 is 5.91 Å². The van der Waals surface area contributed by atoms with Crippen molar-refractivity contribution in [3.63, 3.8) is 0 Å². The third-order valence-corrected chi connectivity index (χ3v) is 7.41. The van der Waals surface area contributed by atoms with Crippen molar-refractivity contribution < 1.29 is 4.79 Å². The Labute approximate surface area is 173 Å².